The number of nitrogens with zero attached hydrogens (tertiary/aromatic N) is 6. The first-order valence-corrected chi connectivity index (χ1v) is 6.88. The van der Waals surface area contributed by atoms with Crippen LogP contribution in [0.5, 0.6) is 0 Å². The van der Waals surface area contributed by atoms with Gasteiger partial charge in [-0.15, -0.1) is 0 Å². The van der Waals surface area contributed by atoms with Gasteiger partial charge in [-0.05, 0) is 27.7 Å². The van der Waals surface area contributed by atoms with Crippen molar-refractivity contribution in [1.82, 2.24) is 9.97 Å². The number of hydrogen-bond donors (Lipinski definition) is 0. The van der Waals surface area contributed by atoms with Gasteiger partial charge in [-0.3, -0.25) is 0 Å². The Balaban J connectivity index is 3.47. The van der Waals surface area contributed by atoms with E-state index in [0.717, 1.165) is 26.2 Å². The van der Waals surface area contributed by atoms with E-state index in [4.69, 9.17) is 0 Å². The summed E-state index contributed by atoms with van der Waals surface area (Å²) in [5, 5.41) is 18.6. The molecule has 6 heteroatoms. The first kappa shape index (κ1) is 15.7. The molecule has 0 saturated heterocycles. The molecule has 1 aromatic rings. The molecule has 0 saturated carbocycles. The Kier molecular flexibility index (Phi) is 5.74. The Hall–Kier alpha value is -2.34. The van der Waals surface area contributed by atoms with Crippen LogP contribution in [0, 0.1) is 22.7 Å². The molecule has 0 N–H and O–H groups in total. The van der Waals surface area contributed by atoms with Gasteiger partial charge in [0.1, 0.15) is 12.1 Å². The van der Waals surface area contributed by atoms with E-state index < -0.39 is 0 Å². The molecule has 6 nitrogen and oxygen atoms in total. The molecular weight excluding hydrogens is 252 g/mol. The Morgan fingerprint density at radius 2 is 1.05 bits per heavy atom. The SMILES string of the molecule is CCN(CC)c1nc(C#N)c(N(CC)CC)nc1C#N. The van der Waals surface area contributed by atoms with Crippen LogP contribution < -0.4 is 9.80 Å². The summed E-state index contributed by atoms with van der Waals surface area (Å²) >= 11 is 0. The maximum atomic E-state index is 9.29. The van der Waals surface area contributed by atoms with Gasteiger partial charge in [-0.1, -0.05) is 0 Å². The topological polar surface area (TPSA) is 79.8 Å². The third kappa shape index (κ3) is 2.97. The van der Waals surface area contributed by atoms with E-state index >= 15 is 0 Å². The van der Waals surface area contributed by atoms with Crippen molar-refractivity contribution in [2.75, 3.05) is 36.0 Å². The van der Waals surface area contributed by atoms with Crippen molar-refractivity contribution in [3.05, 3.63) is 11.4 Å². The van der Waals surface area contributed by atoms with Crippen LogP contribution in [0.15, 0.2) is 0 Å². The zero-order valence-corrected chi connectivity index (χ0v) is 12.5. The standard InChI is InChI=1S/C14H20N6/c1-5-19(6-2)13-11(9-15)18-14(12(10-16)17-13)20(7-3)8-4/h5-8H2,1-4H3. The van der Waals surface area contributed by atoms with E-state index in [9.17, 15) is 10.5 Å². The maximum Gasteiger partial charge on any atom is 0.185 e. The normalized spacial score (nSPS) is 9.70. The van der Waals surface area contributed by atoms with Crippen LogP contribution >= 0.6 is 0 Å². The van der Waals surface area contributed by atoms with Gasteiger partial charge in [0.15, 0.2) is 23.0 Å². The van der Waals surface area contributed by atoms with Gasteiger partial charge in [0.05, 0.1) is 0 Å². The van der Waals surface area contributed by atoms with E-state index in [-0.39, 0.29) is 11.4 Å². The van der Waals surface area contributed by atoms with E-state index in [1.165, 1.54) is 0 Å². The summed E-state index contributed by atoms with van der Waals surface area (Å²) in [6.07, 6.45) is 0. The number of hydrogen-bond acceptors (Lipinski definition) is 6. The predicted octanol–water partition coefficient (Wildman–Crippen LogP) is 1.91. The summed E-state index contributed by atoms with van der Waals surface area (Å²) in [5.74, 6) is 0.981. The van der Waals surface area contributed by atoms with Crippen molar-refractivity contribution < 1.29 is 0 Å². The smallest absolute Gasteiger partial charge is 0.185 e. The van der Waals surface area contributed by atoms with Crippen molar-refractivity contribution in [2.45, 2.75) is 27.7 Å². The number of rotatable bonds is 6. The highest BCUT2D eigenvalue weighted by Crippen LogP contribution is 2.23. The molecule has 0 aliphatic heterocycles. The molecule has 0 aromatic carbocycles. The summed E-state index contributed by atoms with van der Waals surface area (Å²) in [6.45, 7) is 10.8. The fourth-order valence-electron chi connectivity index (χ4n) is 2.05. The van der Waals surface area contributed by atoms with E-state index in [1.54, 1.807) is 0 Å². The largest absolute Gasteiger partial charge is 0.355 e. The Morgan fingerprint density at radius 3 is 1.25 bits per heavy atom. The second kappa shape index (κ2) is 7.30. The molecule has 0 radical (unpaired) electrons. The lowest BCUT2D eigenvalue weighted by atomic mass is 10.3. The lowest BCUT2D eigenvalue weighted by Gasteiger charge is -2.24. The monoisotopic (exact) mass is 272 g/mol. The van der Waals surface area contributed by atoms with E-state index in [2.05, 4.69) is 22.1 Å². The highest BCUT2D eigenvalue weighted by atomic mass is 15.2. The summed E-state index contributed by atoms with van der Waals surface area (Å²) in [4.78, 5) is 12.6. The van der Waals surface area contributed by atoms with Crippen molar-refractivity contribution >= 4 is 11.6 Å². The highest BCUT2D eigenvalue weighted by Gasteiger charge is 2.19. The first-order valence-electron chi connectivity index (χ1n) is 6.88. The fourth-order valence-corrected chi connectivity index (χ4v) is 2.05. The zero-order chi connectivity index (χ0) is 15.1. The molecule has 1 rings (SSSR count). The number of nitriles is 2. The number of aromatic nitrogens is 2. The average molecular weight is 272 g/mol. The van der Waals surface area contributed by atoms with Gasteiger partial charge in [0, 0.05) is 26.2 Å². The highest BCUT2D eigenvalue weighted by molar-refractivity contribution is 5.60. The minimum Gasteiger partial charge on any atom is -0.355 e. The molecule has 1 aromatic heterocycles. The Morgan fingerprint density at radius 1 is 0.750 bits per heavy atom. The van der Waals surface area contributed by atoms with Crippen molar-refractivity contribution in [3.63, 3.8) is 0 Å². The van der Waals surface area contributed by atoms with Gasteiger partial charge in [0.25, 0.3) is 0 Å². The van der Waals surface area contributed by atoms with Crippen LogP contribution in [0.3, 0.4) is 0 Å². The number of anilines is 2. The molecule has 0 aliphatic carbocycles. The van der Waals surface area contributed by atoms with E-state index in [1.807, 2.05) is 37.5 Å². The molecule has 0 spiro atoms. The van der Waals surface area contributed by atoms with Gasteiger partial charge in [-0.2, -0.15) is 10.5 Å². The quantitative estimate of drug-likeness (QED) is 0.787. The molecule has 20 heavy (non-hydrogen) atoms. The Bertz CT molecular complexity index is 482. The molecule has 0 fully saturated rings. The van der Waals surface area contributed by atoms with Gasteiger partial charge in [-0.25, -0.2) is 9.97 Å². The van der Waals surface area contributed by atoms with Gasteiger partial charge >= 0.3 is 0 Å². The minimum absolute atomic E-state index is 0.273. The van der Waals surface area contributed by atoms with Crippen LogP contribution in [0.1, 0.15) is 39.1 Å². The molecule has 0 atom stereocenters. The first-order chi connectivity index (χ1) is 9.66. The molecule has 1 heterocycles. The van der Waals surface area contributed by atoms with Crippen LogP contribution in [0.4, 0.5) is 11.6 Å². The molecular formula is C14H20N6. The van der Waals surface area contributed by atoms with Gasteiger partial charge in [0.2, 0.25) is 0 Å². The van der Waals surface area contributed by atoms with Crippen molar-refractivity contribution in [2.24, 2.45) is 0 Å². The third-order valence-electron chi connectivity index (χ3n) is 3.20. The lowest BCUT2D eigenvalue weighted by molar-refractivity contribution is 0.810. The lowest BCUT2D eigenvalue weighted by Crippen LogP contribution is -2.28. The third-order valence-corrected chi connectivity index (χ3v) is 3.20. The van der Waals surface area contributed by atoms with Crippen LogP contribution in [0.2, 0.25) is 0 Å². The van der Waals surface area contributed by atoms with Crippen molar-refractivity contribution in [3.8, 4) is 12.1 Å². The summed E-state index contributed by atoms with van der Waals surface area (Å²) in [7, 11) is 0. The second-order valence-electron chi connectivity index (χ2n) is 4.14. The maximum absolute atomic E-state index is 9.29. The van der Waals surface area contributed by atoms with Gasteiger partial charge < -0.3 is 9.80 Å². The van der Waals surface area contributed by atoms with E-state index in [0.29, 0.717) is 11.6 Å². The van der Waals surface area contributed by atoms with Crippen LogP contribution in [0.25, 0.3) is 0 Å². The van der Waals surface area contributed by atoms with Crippen LogP contribution in [-0.4, -0.2) is 36.1 Å². The Labute approximate surface area is 120 Å². The molecule has 0 bridgehead atoms. The summed E-state index contributed by atoms with van der Waals surface area (Å²) in [6, 6.07) is 4.18. The predicted molar refractivity (Wildman–Crippen MR) is 78.6 cm³/mol. The second-order valence-corrected chi connectivity index (χ2v) is 4.14. The fraction of sp³-hybridized carbons (Fsp3) is 0.571. The molecule has 0 aliphatic rings. The molecule has 0 amide bonds. The van der Waals surface area contributed by atoms with Crippen LogP contribution in [-0.2, 0) is 0 Å². The molecule has 0 unspecified atom stereocenters. The van der Waals surface area contributed by atoms with Crippen molar-refractivity contribution in [1.29, 1.82) is 10.5 Å². The summed E-state index contributed by atoms with van der Waals surface area (Å²) < 4.78 is 0. The summed E-state index contributed by atoms with van der Waals surface area (Å²) in [5.41, 5.74) is 0.546. The minimum atomic E-state index is 0.273. The zero-order valence-electron chi connectivity index (χ0n) is 12.5. The molecule has 106 valence electrons. The average Bonchev–Trinajstić information content (AvgIpc) is 2.50.